The summed E-state index contributed by atoms with van der Waals surface area (Å²) in [5, 5.41) is 2.61. The first-order valence-corrected chi connectivity index (χ1v) is 10.8. The molecule has 5 nitrogen and oxygen atoms in total. The molecule has 0 radical (unpaired) electrons. The third kappa shape index (κ3) is 3.76. The van der Waals surface area contributed by atoms with E-state index in [1.165, 1.54) is 10.4 Å². The van der Waals surface area contributed by atoms with Crippen molar-refractivity contribution >= 4 is 34.8 Å². The van der Waals surface area contributed by atoms with Gasteiger partial charge in [-0.1, -0.05) is 11.6 Å². The molecular weight excluding hydrogens is 396 g/mol. The number of piperidine rings is 1. The lowest BCUT2D eigenvalue weighted by Gasteiger charge is -2.35. The number of ether oxygens (including phenoxy) is 1. The number of hydrogen-bond donors (Lipinski definition) is 0. The SMILES string of the molecule is COc1ccc(Cl)cc1C(=O)N1CCC(C(=O)N2CCc3sccc3C2)CC1. The van der Waals surface area contributed by atoms with Gasteiger partial charge in [0.25, 0.3) is 5.91 Å². The van der Waals surface area contributed by atoms with Crippen LogP contribution < -0.4 is 4.74 Å². The van der Waals surface area contributed by atoms with Gasteiger partial charge in [0.1, 0.15) is 5.75 Å². The fourth-order valence-electron chi connectivity index (χ4n) is 4.04. The number of fused-ring (bicyclic) bond motifs is 1. The van der Waals surface area contributed by atoms with Crippen molar-refractivity contribution in [1.29, 1.82) is 0 Å². The van der Waals surface area contributed by atoms with Crippen molar-refractivity contribution in [3.63, 3.8) is 0 Å². The highest BCUT2D eigenvalue weighted by Gasteiger charge is 2.32. The van der Waals surface area contributed by atoms with Gasteiger partial charge >= 0.3 is 0 Å². The number of halogens is 1. The molecule has 4 rings (SSSR count). The fraction of sp³-hybridized carbons (Fsp3) is 0.429. The average molecular weight is 419 g/mol. The van der Waals surface area contributed by atoms with Crippen molar-refractivity contribution in [2.45, 2.75) is 25.8 Å². The van der Waals surface area contributed by atoms with Crippen LogP contribution in [0.15, 0.2) is 29.6 Å². The molecule has 148 valence electrons. The first-order chi connectivity index (χ1) is 13.6. The van der Waals surface area contributed by atoms with Crippen LogP contribution in [0.1, 0.15) is 33.6 Å². The molecule has 3 heterocycles. The Labute approximate surface area is 173 Å². The summed E-state index contributed by atoms with van der Waals surface area (Å²) in [4.78, 5) is 31.1. The smallest absolute Gasteiger partial charge is 0.257 e. The summed E-state index contributed by atoms with van der Waals surface area (Å²) >= 11 is 7.84. The molecule has 0 atom stereocenters. The van der Waals surface area contributed by atoms with Crippen LogP contribution in [0.2, 0.25) is 5.02 Å². The van der Waals surface area contributed by atoms with Crippen LogP contribution in [0.25, 0.3) is 0 Å². The van der Waals surface area contributed by atoms with Crippen LogP contribution in [0.3, 0.4) is 0 Å². The largest absolute Gasteiger partial charge is 0.496 e. The maximum Gasteiger partial charge on any atom is 0.257 e. The summed E-state index contributed by atoms with van der Waals surface area (Å²) < 4.78 is 5.31. The molecule has 2 amide bonds. The number of amides is 2. The second-order valence-corrected chi connectivity index (χ2v) is 8.73. The molecule has 0 bridgehead atoms. The number of rotatable bonds is 3. The lowest BCUT2D eigenvalue weighted by molar-refractivity contribution is -0.137. The van der Waals surface area contributed by atoms with Gasteiger partial charge in [-0.25, -0.2) is 0 Å². The van der Waals surface area contributed by atoms with E-state index in [2.05, 4.69) is 11.4 Å². The van der Waals surface area contributed by atoms with E-state index in [-0.39, 0.29) is 17.7 Å². The van der Waals surface area contributed by atoms with E-state index in [0.717, 1.165) is 19.5 Å². The Bertz CT molecular complexity index is 890. The average Bonchev–Trinajstić information content (AvgIpc) is 3.20. The van der Waals surface area contributed by atoms with Crippen molar-refractivity contribution in [3.8, 4) is 5.75 Å². The van der Waals surface area contributed by atoms with Crippen LogP contribution in [-0.4, -0.2) is 48.4 Å². The summed E-state index contributed by atoms with van der Waals surface area (Å²) in [6, 6.07) is 7.19. The molecular formula is C21H23ClN2O3S. The van der Waals surface area contributed by atoms with Crippen LogP contribution in [0.4, 0.5) is 0 Å². The quantitative estimate of drug-likeness (QED) is 0.760. The number of thiophene rings is 1. The van der Waals surface area contributed by atoms with Crippen molar-refractivity contribution in [2.24, 2.45) is 5.92 Å². The minimum atomic E-state index is -0.0915. The fourth-order valence-corrected chi connectivity index (χ4v) is 5.10. The summed E-state index contributed by atoms with van der Waals surface area (Å²) in [6.07, 6.45) is 2.34. The zero-order valence-electron chi connectivity index (χ0n) is 15.8. The summed E-state index contributed by atoms with van der Waals surface area (Å²) in [5.41, 5.74) is 1.76. The molecule has 0 N–H and O–H groups in total. The maximum absolute atomic E-state index is 13.0. The second kappa shape index (κ2) is 8.13. The van der Waals surface area contributed by atoms with E-state index < -0.39 is 0 Å². The zero-order chi connectivity index (χ0) is 19.7. The molecule has 0 saturated carbocycles. The molecule has 1 saturated heterocycles. The minimum absolute atomic E-state index is 0.00880. The molecule has 0 unspecified atom stereocenters. The number of nitrogens with zero attached hydrogens (tertiary/aromatic N) is 2. The molecule has 1 fully saturated rings. The summed E-state index contributed by atoms with van der Waals surface area (Å²) in [7, 11) is 1.54. The molecule has 2 aliphatic rings. The third-order valence-electron chi connectivity index (χ3n) is 5.64. The topological polar surface area (TPSA) is 49.9 Å². The van der Waals surface area contributed by atoms with E-state index in [0.29, 0.717) is 42.3 Å². The molecule has 2 aliphatic heterocycles. The minimum Gasteiger partial charge on any atom is -0.496 e. The Kier molecular flexibility index (Phi) is 5.60. The predicted molar refractivity (Wildman–Crippen MR) is 110 cm³/mol. The number of benzene rings is 1. The van der Waals surface area contributed by atoms with Gasteiger partial charge in [-0.15, -0.1) is 11.3 Å². The van der Waals surface area contributed by atoms with Gasteiger partial charge in [-0.3, -0.25) is 9.59 Å². The van der Waals surface area contributed by atoms with Crippen molar-refractivity contribution in [2.75, 3.05) is 26.7 Å². The zero-order valence-corrected chi connectivity index (χ0v) is 17.4. The van der Waals surface area contributed by atoms with Gasteiger partial charge in [-0.05, 0) is 54.5 Å². The normalized spacial score (nSPS) is 17.4. The van der Waals surface area contributed by atoms with Gasteiger partial charge in [0.05, 0.1) is 12.7 Å². The van der Waals surface area contributed by atoms with E-state index in [9.17, 15) is 9.59 Å². The van der Waals surface area contributed by atoms with Crippen molar-refractivity contribution in [1.82, 2.24) is 9.80 Å². The van der Waals surface area contributed by atoms with Crippen molar-refractivity contribution < 1.29 is 14.3 Å². The van der Waals surface area contributed by atoms with Crippen LogP contribution in [0, 0.1) is 5.92 Å². The van der Waals surface area contributed by atoms with E-state index in [1.807, 2.05) is 4.90 Å². The number of carbonyl (C=O) groups excluding carboxylic acids is 2. The highest BCUT2D eigenvalue weighted by molar-refractivity contribution is 7.10. The molecule has 2 aromatic rings. The lowest BCUT2D eigenvalue weighted by atomic mass is 9.93. The third-order valence-corrected chi connectivity index (χ3v) is 6.90. The first kappa shape index (κ1) is 19.3. The lowest BCUT2D eigenvalue weighted by Crippen LogP contribution is -2.45. The van der Waals surface area contributed by atoms with Gasteiger partial charge < -0.3 is 14.5 Å². The van der Waals surface area contributed by atoms with E-state index in [4.69, 9.17) is 16.3 Å². The Balaban J connectivity index is 1.38. The van der Waals surface area contributed by atoms with Crippen LogP contribution in [0.5, 0.6) is 5.75 Å². The first-order valence-electron chi connectivity index (χ1n) is 9.53. The highest BCUT2D eigenvalue weighted by Crippen LogP contribution is 2.29. The highest BCUT2D eigenvalue weighted by atomic mass is 35.5. The van der Waals surface area contributed by atoms with Crippen LogP contribution >= 0.6 is 22.9 Å². The number of hydrogen-bond acceptors (Lipinski definition) is 4. The summed E-state index contributed by atoms with van der Waals surface area (Å²) in [5.74, 6) is 0.647. The molecule has 7 heteroatoms. The van der Waals surface area contributed by atoms with Gasteiger partial charge in [0.15, 0.2) is 0 Å². The van der Waals surface area contributed by atoms with Crippen molar-refractivity contribution in [3.05, 3.63) is 50.7 Å². The second-order valence-electron chi connectivity index (χ2n) is 7.29. The summed E-state index contributed by atoms with van der Waals surface area (Å²) in [6.45, 7) is 2.66. The van der Waals surface area contributed by atoms with Crippen LogP contribution in [-0.2, 0) is 17.8 Å². The Morgan fingerprint density at radius 3 is 2.68 bits per heavy atom. The van der Waals surface area contributed by atoms with Gasteiger partial charge in [0, 0.05) is 42.0 Å². The number of methoxy groups -OCH3 is 1. The molecule has 1 aromatic heterocycles. The van der Waals surface area contributed by atoms with E-state index in [1.54, 1.807) is 41.5 Å². The molecule has 0 aliphatic carbocycles. The number of likely N-dealkylation sites (tertiary alicyclic amines) is 1. The van der Waals surface area contributed by atoms with E-state index >= 15 is 0 Å². The molecule has 1 aromatic carbocycles. The molecule has 28 heavy (non-hydrogen) atoms. The Morgan fingerprint density at radius 1 is 1.14 bits per heavy atom. The monoisotopic (exact) mass is 418 g/mol. The molecule has 0 spiro atoms. The standard InChI is InChI=1S/C21H23ClN2O3S/c1-27-18-3-2-16(22)12-17(18)21(26)23-8-4-14(5-9-23)20(25)24-10-6-19-15(13-24)7-11-28-19/h2-3,7,11-12,14H,4-6,8-10,13H2,1H3. The predicted octanol–water partition coefficient (Wildman–Crippen LogP) is 3.85. The Morgan fingerprint density at radius 2 is 1.93 bits per heavy atom. The Hall–Kier alpha value is -2.05. The maximum atomic E-state index is 13.0. The number of carbonyl (C=O) groups is 2. The van der Waals surface area contributed by atoms with Gasteiger partial charge in [-0.2, -0.15) is 0 Å². The van der Waals surface area contributed by atoms with Gasteiger partial charge in [0.2, 0.25) is 5.91 Å².